The minimum absolute atomic E-state index is 0.0853. The van der Waals surface area contributed by atoms with E-state index in [0.717, 1.165) is 0 Å². The van der Waals surface area contributed by atoms with E-state index in [1.165, 1.54) is 6.92 Å². The SMILES string of the molecule is CCOC(=O)c1c(C)[nH]c(C(=O)O[C@H](C)C(=O)N[C@](C)(C#N)C(C)C)c1C. The molecule has 0 spiro atoms. The van der Waals surface area contributed by atoms with Crippen molar-refractivity contribution in [3.05, 3.63) is 22.5 Å². The van der Waals surface area contributed by atoms with E-state index >= 15 is 0 Å². The van der Waals surface area contributed by atoms with E-state index in [1.54, 1.807) is 27.7 Å². The molecule has 0 radical (unpaired) electrons. The molecular formula is C19H27N3O5. The summed E-state index contributed by atoms with van der Waals surface area (Å²) in [6, 6.07) is 2.06. The van der Waals surface area contributed by atoms with Crippen LogP contribution >= 0.6 is 0 Å². The van der Waals surface area contributed by atoms with E-state index < -0.39 is 29.5 Å². The zero-order chi connectivity index (χ0) is 20.9. The lowest BCUT2D eigenvalue weighted by atomic mass is 9.90. The van der Waals surface area contributed by atoms with Crippen molar-refractivity contribution in [1.29, 1.82) is 5.26 Å². The van der Waals surface area contributed by atoms with Gasteiger partial charge in [-0.15, -0.1) is 0 Å². The lowest BCUT2D eigenvalue weighted by molar-refractivity contribution is -0.130. The Hall–Kier alpha value is -2.82. The van der Waals surface area contributed by atoms with E-state index in [1.807, 2.05) is 13.8 Å². The van der Waals surface area contributed by atoms with Gasteiger partial charge >= 0.3 is 11.9 Å². The summed E-state index contributed by atoms with van der Waals surface area (Å²) in [7, 11) is 0. The lowest BCUT2D eigenvalue weighted by Gasteiger charge is -2.28. The molecule has 0 aliphatic carbocycles. The maximum Gasteiger partial charge on any atom is 0.355 e. The molecule has 8 heteroatoms. The predicted molar refractivity (Wildman–Crippen MR) is 98.1 cm³/mol. The highest BCUT2D eigenvalue weighted by Gasteiger charge is 2.33. The second-order valence-corrected chi connectivity index (χ2v) is 6.85. The average Bonchev–Trinajstić information content (AvgIpc) is 2.89. The number of esters is 2. The monoisotopic (exact) mass is 377 g/mol. The quantitative estimate of drug-likeness (QED) is 0.704. The summed E-state index contributed by atoms with van der Waals surface area (Å²) in [6.45, 7) is 11.8. The first-order chi connectivity index (χ1) is 12.5. The highest BCUT2D eigenvalue weighted by atomic mass is 16.5. The molecule has 0 aliphatic rings. The zero-order valence-corrected chi connectivity index (χ0v) is 16.9. The number of aromatic nitrogens is 1. The topological polar surface area (TPSA) is 121 Å². The van der Waals surface area contributed by atoms with Crippen LogP contribution in [0.1, 0.15) is 66.7 Å². The molecule has 0 saturated heterocycles. The summed E-state index contributed by atoms with van der Waals surface area (Å²) in [5, 5.41) is 11.9. The second kappa shape index (κ2) is 8.71. The fourth-order valence-electron chi connectivity index (χ4n) is 2.40. The minimum Gasteiger partial charge on any atom is -0.462 e. The van der Waals surface area contributed by atoms with E-state index in [-0.39, 0.29) is 23.8 Å². The Balaban J connectivity index is 2.94. The van der Waals surface area contributed by atoms with Crippen LogP contribution in [-0.4, -0.2) is 41.1 Å². The van der Waals surface area contributed by atoms with Crippen molar-refractivity contribution < 1.29 is 23.9 Å². The summed E-state index contributed by atoms with van der Waals surface area (Å²) in [5.41, 5.74) is 0.160. The van der Waals surface area contributed by atoms with Gasteiger partial charge in [0.2, 0.25) is 0 Å². The number of hydrogen-bond donors (Lipinski definition) is 2. The first-order valence-electron chi connectivity index (χ1n) is 8.79. The first kappa shape index (κ1) is 22.2. The number of ether oxygens (including phenoxy) is 2. The van der Waals surface area contributed by atoms with Crippen molar-refractivity contribution >= 4 is 17.8 Å². The highest BCUT2D eigenvalue weighted by Crippen LogP contribution is 2.21. The van der Waals surface area contributed by atoms with Crippen LogP contribution in [0.15, 0.2) is 0 Å². The number of carbonyl (C=O) groups excluding carboxylic acids is 3. The Labute approximate surface area is 159 Å². The second-order valence-electron chi connectivity index (χ2n) is 6.85. The number of nitriles is 1. The third-order valence-corrected chi connectivity index (χ3v) is 4.54. The molecule has 1 heterocycles. The van der Waals surface area contributed by atoms with Gasteiger partial charge in [-0.3, -0.25) is 4.79 Å². The Bertz CT molecular complexity index is 775. The van der Waals surface area contributed by atoms with Crippen molar-refractivity contribution in [2.45, 2.75) is 60.1 Å². The molecule has 8 nitrogen and oxygen atoms in total. The zero-order valence-electron chi connectivity index (χ0n) is 16.9. The molecule has 0 bridgehead atoms. The number of rotatable bonds is 7. The Kier molecular flexibility index (Phi) is 7.17. The number of aromatic amines is 1. The van der Waals surface area contributed by atoms with Gasteiger partial charge in [-0.05, 0) is 46.1 Å². The number of hydrogen-bond acceptors (Lipinski definition) is 6. The normalized spacial score (nSPS) is 14.0. The van der Waals surface area contributed by atoms with Crippen LogP contribution in [0.2, 0.25) is 0 Å². The van der Waals surface area contributed by atoms with Gasteiger partial charge < -0.3 is 19.8 Å². The number of aryl methyl sites for hydroxylation is 1. The molecule has 1 aromatic heterocycles. The molecule has 0 aromatic carbocycles. The highest BCUT2D eigenvalue weighted by molar-refractivity contribution is 5.99. The van der Waals surface area contributed by atoms with Gasteiger partial charge in [-0.25, -0.2) is 9.59 Å². The Morgan fingerprint density at radius 3 is 2.30 bits per heavy atom. The minimum atomic E-state index is -1.11. The van der Waals surface area contributed by atoms with Crippen LogP contribution in [0.5, 0.6) is 0 Å². The molecule has 27 heavy (non-hydrogen) atoms. The van der Waals surface area contributed by atoms with Crippen molar-refractivity contribution in [2.75, 3.05) is 6.61 Å². The number of nitrogens with one attached hydrogen (secondary N) is 2. The van der Waals surface area contributed by atoms with Gasteiger partial charge in [-0.2, -0.15) is 5.26 Å². The van der Waals surface area contributed by atoms with E-state index in [0.29, 0.717) is 11.3 Å². The van der Waals surface area contributed by atoms with Crippen molar-refractivity contribution in [3.8, 4) is 6.07 Å². The summed E-state index contributed by atoms with van der Waals surface area (Å²) in [5.74, 6) is -2.00. The molecule has 0 unspecified atom stereocenters. The summed E-state index contributed by atoms with van der Waals surface area (Å²) in [6.07, 6.45) is -1.11. The van der Waals surface area contributed by atoms with Gasteiger partial charge in [0.15, 0.2) is 6.10 Å². The van der Waals surface area contributed by atoms with E-state index in [9.17, 15) is 19.6 Å². The molecule has 0 saturated carbocycles. The molecule has 1 amide bonds. The number of amides is 1. The van der Waals surface area contributed by atoms with Gasteiger partial charge in [0.05, 0.1) is 18.2 Å². The van der Waals surface area contributed by atoms with E-state index in [4.69, 9.17) is 9.47 Å². The van der Waals surface area contributed by atoms with Gasteiger partial charge in [-0.1, -0.05) is 13.8 Å². The third kappa shape index (κ3) is 4.88. The van der Waals surface area contributed by atoms with E-state index in [2.05, 4.69) is 16.4 Å². The molecule has 1 rings (SSSR count). The van der Waals surface area contributed by atoms with Crippen LogP contribution in [0.4, 0.5) is 0 Å². The molecule has 2 atom stereocenters. The molecule has 0 aliphatic heterocycles. The van der Waals surface area contributed by atoms with Gasteiger partial charge in [0, 0.05) is 5.69 Å². The number of carbonyl (C=O) groups is 3. The number of H-pyrrole nitrogens is 1. The van der Waals surface area contributed by atoms with Gasteiger partial charge in [0.25, 0.3) is 5.91 Å². The predicted octanol–water partition coefficient (Wildman–Crippen LogP) is 2.41. The van der Waals surface area contributed by atoms with Crippen molar-refractivity contribution in [2.24, 2.45) is 5.92 Å². The molecular weight excluding hydrogens is 350 g/mol. The van der Waals surface area contributed by atoms with Crippen LogP contribution in [-0.2, 0) is 14.3 Å². The standard InChI is InChI=1S/C19H27N3O5/c1-8-26-17(24)14-11(4)15(21-12(14)5)18(25)27-13(6)16(23)22-19(7,9-20)10(2)3/h10,13,21H,8H2,1-7H3,(H,22,23)/t13-,19-/m1/s1. The van der Waals surface area contributed by atoms with Crippen LogP contribution in [0, 0.1) is 31.1 Å². The summed E-state index contributed by atoms with van der Waals surface area (Å²) < 4.78 is 10.2. The average molecular weight is 377 g/mol. The van der Waals surface area contributed by atoms with Crippen molar-refractivity contribution in [1.82, 2.24) is 10.3 Å². The van der Waals surface area contributed by atoms with Crippen LogP contribution in [0.25, 0.3) is 0 Å². The lowest BCUT2D eigenvalue weighted by Crippen LogP contribution is -2.52. The molecule has 148 valence electrons. The summed E-state index contributed by atoms with van der Waals surface area (Å²) in [4.78, 5) is 39.6. The maximum absolute atomic E-state index is 12.4. The molecule has 0 fully saturated rings. The van der Waals surface area contributed by atoms with Crippen LogP contribution < -0.4 is 5.32 Å². The molecule has 2 N–H and O–H groups in total. The first-order valence-corrected chi connectivity index (χ1v) is 8.79. The third-order valence-electron chi connectivity index (χ3n) is 4.54. The number of nitrogens with zero attached hydrogens (tertiary/aromatic N) is 1. The largest absolute Gasteiger partial charge is 0.462 e. The van der Waals surface area contributed by atoms with Crippen molar-refractivity contribution in [3.63, 3.8) is 0 Å². The fraction of sp³-hybridized carbons (Fsp3) is 0.579. The Morgan fingerprint density at radius 1 is 1.22 bits per heavy atom. The van der Waals surface area contributed by atoms with Crippen LogP contribution in [0.3, 0.4) is 0 Å². The van der Waals surface area contributed by atoms with Gasteiger partial charge in [0.1, 0.15) is 11.2 Å². The summed E-state index contributed by atoms with van der Waals surface area (Å²) >= 11 is 0. The Morgan fingerprint density at radius 2 is 1.81 bits per heavy atom. The molecule has 1 aromatic rings. The maximum atomic E-state index is 12.4. The fourth-order valence-corrected chi connectivity index (χ4v) is 2.40. The smallest absolute Gasteiger partial charge is 0.355 e.